The molecule has 5 nitrogen and oxygen atoms in total. The van der Waals surface area contributed by atoms with E-state index in [-0.39, 0.29) is 12.6 Å². The third kappa shape index (κ3) is 4.36. The molecule has 0 spiro atoms. The monoisotopic (exact) mass is 411 g/mol. The van der Waals surface area contributed by atoms with Crippen LogP contribution in [0.4, 0.5) is 14.5 Å². The Bertz CT molecular complexity index is 951. The van der Waals surface area contributed by atoms with Gasteiger partial charge >= 0.3 is 0 Å². The van der Waals surface area contributed by atoms with Gasteiger partial charge in [0, 0.05) is 38.4 Å². The van der Waals surface area contributed by atoms with Crippen molar-refractivity contribution in [2.24, 2.45) is 0 Å². The second kappa shape index (κ2) is 9.09. The van der Waals surface area contributed by atoms with Crippen molar-refractivity contribution in [3.63, 3.8) is 0 Å². The van der Waals surface area contributed by atoms with Gasteiger partial charge in [0.05, 0.1) is 12.3 Å². The van der Waals surface area contributed by atoms with Gasteiger partial charge < -0.3 is 14.6 Å². The van der Waals surface area contributed by atoms with Crippen LogP contribution in [0.3, 0.4) is 0 Å². The molecule has 1 atom stereocenters. The minimum absolute atomic E-state index is 0.186. The highest BCUT2D eigenvalue weighted by molar-refractivity contribution is 5.94. The molecule has 1 aromatic heterocycles. The van der Waals surface area contributed by atoms with Crippen LogP contribution in [0.2, 0.25) is 0 Å². The van der Waals surface area contributed by atoms with Gasteiger partial charge in [-0.3, -0.25) is 9.69 Å². The molecule has 156 valence electrons. The van der Waals surface area contributed by atoms with Crippen LogP contribution in [-0.4, -0.2) is 43.5 Å². The molecular formula is C23H23F2N3O2. The average molecular weight is 411 g/mol. The molecule has 7 heteroatoms. The maximum atomic E-state index is 13.9. The van der Waals surface area contributed by atoms with Gasteiger partial charge in [-0.1, -0.05) is 24.3 Å². The Morgan fingerprint density at radius 2 is 1.63 bits per heavy atom. The fourth-order valence-corrected chi connectivity index (χ4v) is 3.81. The first-order valence-electron chi connectivity index (χ1n) is 9.93. The summed E-state index contributed by atoms with van der Waals surface area (Å²) in [6, 6.07) is 17.0. The van der Waals surface area contributed by atoms with E-state index in [1.165, 1.54) is 11.8 Å². The number of carbonyl (C=O) groups excluding carboxylic acids is 1. The summed E-state index contributed by atoms with van der Waals surface area (Å²) < 4.78 is 33.4. The van der Waals surface area contributed by atoms with Crippen molar-refractivity contribution in [1.29, 1.82) is 0 Å². The summed E-state index contributed by atoms with van der Waals surface area (Å²) in [7, 11) is 0. The van der Waals surface area contributed by atoms with Crippen LogP contribution >= 0.6 is 0 Å². The lowest BCUT2D eigenvalue weighted by Gasteiger charge is -2.39. The number of rotatable bonds is 6. The van der Waals surface area contributed by atoms with Gasteiger partial charge in [0.25, 0.3) is 5.91 Å². The lowest BCUT2D eigenvalue weighted by molar-refractivity contribution is 0.0914. The summed E-state index contributed by atoms with van der Waals surface area (Å²) in [6.45, 7) is 3.38. The fraction of sp³-hybridized carbons (Fsp3) is 0.261. The third-order valence-electron chi connectivity index (χ3n) is 5.39. The molecule has 3 aromatic rings. The number of hydrogen-bond donors (Lipinski definition) is 1. The minimum atomic E-state index is -0.876. The molecule has 1 N–H and O–H groups in total. The largest absolute Gasteiger partial charge is 0.468 e. The van der Waals surface area contributed by atoms with Gasteiger partial charge in [-0.15, -0.1) is 0 Å². The minimum Gasteiger partial charge on any atom is -0.468 e. The number of carbonyl (C=O) groups is 1. The van der Waals surface area contributed by atoms with Crippen LogP contribution in [0.5, 0.6) is 0 Å². The zero-order valence-electron chi connectivity index (χ0n) is 16.4. The normalized spacial score (nSPS) is 15.7. The highest BCUT2D eigenvalue weighted by Gasteiger charge is 2.28. The van der Waals surface area contributed by atoms with E-state index in [0.717, 1.165) is 38.3 Å². The molecular weight excluding hydrogens is 388 g/mol. The molecule has 0 bridgehead atoms. The summed E-state index contributed by atoms with van der Waals surface area (Å²) in [5.74, 6) is -1.82. The van der Waals surface area contributed by atoms with Crippen LogP contribution in [-0.2, 0) is 0 Å². The molecule has 0 aliphatic carbocycles. The number of piperazine rings is 1. The molecule has 1 aliphatic rings. The number of hydrogen-bond acceptors (Lipinski definition) is 4. The summed E-state index contributed by atoms with van der Waals surface area (Å²) in [4.78, 5) is 17.0. The smallest absolute Gasteiger partial charge is 0.257 e. The van der Waals surface area contributed by atoms with Gasteiger partial charge in [-0.05, 0) is 36.4 Å². The number of benzene rings is 2. The van der Waals surface area contributed by atoms with Crippen LogP contribution in [0.25, 0.3) is 0 Å². The van der Waals surface area contributed by atoms with E-state index in [1.807, 2.05) is 24.3 Å². The fourth-order valence-electron chi connectivity index (χ4n) is 3.81. The van der Waals surface area contributed by atoms with Gasteiger partial charge in [-0.25, -0.2) is 8.78 Å². The highest BCUT2D eigenvalue weighted by atomic mass is 19.1. The Labute approximate surface area is 173 Å². The molecule has 1 fully saturated rings. The summed E-state index contributed by atoms with van der Waals surface area (Å²) in [6.07, 6.45) is 1.58. The van der Waals surface area contributed by atoms with E-state index < -0.39 is 23.1 Å². The Morgan fingerprint density at radius 1 is 0.933 bits per heavy atom. The van der Waals surface area contributed by atoms with Crippen molar-refractivity contribution in [2.45, 2.75) is 6.04 Å². The molecule has 0 saturated carbocycles. The van der Waals surface area contributed by atoms with Crippen molar-refractivity contribution in [1.82, 2.24) is 10.2 Å². The Balaban J connectivity index is 1.44. The van der Waals surface area contributed by atoms with Crippen molar-refractivity contribution < 1.29 is 18.0 Å². The van der Waals surface area contributed by atoms with Gasteiger partial charge in [0.1, 0.15) is 23.0 Å². The van der Waals surface area contributed by atoms with E-state index in [0.29, 0.717) is 5.76 Å². The first-order valence-corrected chi connectivity index (χ1v) is 9.93. The number of nitrogens with one attached hydrogen (secondary N) is 1. The molecule has 4 rings (SSSR count). The van der Waals surface area contributed by atoms with Crippen molar-refractivity contribution >= 4 is 11.6 Å². The van der Waals surface area contributed by atoms with Gasteiger partial charge in [-0.2, -0.15) is 0 Å². The molecule has 0 radical (unpaired) electrons. The van der Waals surface area contributed by atoms with Crippen LogP contribution in [0, 0.1) is 11.6 Å². The number of nitrogens with zero attached hydrogens (tertiary/aromatic N) is 2. The molecule has 1 aliphatic heterocycles. The molecule has 2 heterocycles. The molecule has 1 amide bonds. The zero-order valence-corrected chi connectivity index (χ0v) is 16.4. The van der Waals surface area contributed by atoms with E-state index in [4.69, 9.17) is 4.42 Å². The zero-order chi connectivity index (χ0) is 20.9. The number of furan rings is 1. The summed E-state index contributed by atoms with van der Waals surface area (Å²) in [5.41, 5.74) is 0.611. The van der Waals surface area contributed by atoms with Crippen LogP contribution in [0.15, 0.2) is 71.3 Å². The number of para-hydroxylation sites is 1. The van der Waals surface area contributed by atoms with E-state index in [2.05, 4.69) is 27.2 Å². The van der Waals surface area contributed by atoms with Crippen molar-refractivity contribution in [3.05, 3.63) is 89.9 Å². The van der Waals surface area contributed by atoms with E-state index in [1.54, 1.807) is 12.3 Å². The van der Waals surface area contributed by atoms with E-state index in [9.17, 15) is 13.6 Å². The number of halogens is 2. The quantitative estimate of drug-likeness (QED) is 0.669. The summed E-state index contributed by atoms with van der Waals surface area (Å²) in [5, 5.41) is 2.67. The average Bonchev–Trinajstić information content (AvgIpc) is 3.29. The Kier molecular flexibility index (Phi) is 6.09. The lowest BCUT2D eigenvalue weighted by atomic mass is 10.1. The second-order valence-electron chi connectivity index (χ2n) is 7.20. The standard InChI is InChI=1S/C23H23F2N3O2/c24-18-8-4-9-19(25)22(18)23(29)26-16-20(21-10-5-15-30-21)28-13-11-27(12-14-28)17-6-2-1-3-7-17/h1-10,15,20H,11-14,16H2,(H,26,29). The maximum absolute atomic E-state index is 13.9. The van der Waals surface area contributed by atoms with Gasteiger partial charge in [0.15, 0.2) is 0 Å². The number of amides is 1. The van der Waals surface area contributed by atoms with Crippen molar-refractivity contribution in [3.8, 4) is 0 Å². The first kappa shape index (κ1) is 20.1. The molecule has 2 aromatic carbocycles. The molecule has 1 unspecified atom stereocenters. The SMILES string of the molecule is O=C(NCC(c1ccco1)N1CCN(c2ccccc2)CC1)c1c(F)cccc1F. The maximum Gasteiger partial charge on any atom is 0.257 e. The Hall–Kier alpha value is -3.19. The topological polar surface area (TPSA) is 48.7 Å². The molecule has 30 heavy (non-hydrogen) atoms. The Morgan fingerprint density at radius 3 is 2.27 bits per heavy atom. The highest BCUT2D eigenvalue weighted by Crippen LogP contribution is 2.24. The predicted molar refractivity (Wildman–Crippen MR) is 110 cm³/mol. The van der Waals surface area contributed by atoms with Crippen LogP contribution in [0.1, 0.15) is 22.2 Å². The van der Waals surface area contributed by atoms with Gasteiger partial charge in [0.2, 0.25) is 0 Å². The van der Waals surface area contributed by atoms with Crippen LogP contribution < -0.4 is 10.2 Å². The molecule has 1 saturated heterocycles. The number of anilines is 1. The third-order valence-corrected chi connectivity index (χ3v) is 5.39. The predicted octanol–water partition coefficient (Wildman–Crippen LogP) is 3.85. The first-order chi connectivity index (χ1) is 14.6. The second-order valence-corrected chi connectivity index (χ2v) is 7.20. The lowest BCUT2D eigenvalue weighted by Crippen LogP contribution is -2.50. The van der Waals surface area contributed by atoms with Crippen molar-refractivity contribution in [2.75, 3.05) is 37.6 Å². The summed E-state index contributed by atoms with van der Waals surface area (Å²) >= 11 is 0. The van der Waals surface area contributed by atoms with E-state index >= 15 is 0 Å².